The largest absolute Gasteiger partial charge is 0.435 e. The highest BCUT2D eigenvalue weighted by atomic mass is 32.1. The average molecular weight is 905 g/mol. The van der Waals surface area contributed by atoms with Crippen molar-refractivity contribution in [3.8, 4) is 43.1 Å². The second-order valence-electron chi connectivity index (χ2n) is 16.5. The highest BCUT2D eigenvalue weighted by molar-refractivity contribution is 7.19. The van der Waals surface area contributed by atoms with E-state index in [0.29, 0.717) is 33.4 Å². The van der Waals surface area contributed by atoms with E-state index in [2.05, 4.69) is 58.5 Å². The summed E-state index contributed by atoms with van der Waals surface area (Å²) in [5, 5.41) is 0. The van der Waals surface area contributed by atoms with Crippen LogP contribution in [0.15, 0.2) is 78.9 Å². The molecule has 3 aromatic heterocycles. The summed E-state index contributed by atoms with van der Waals surface area (Å²) < 4.78 is 112. The molecule has 0 bridgehead atoms. The van der Waals surface area contributed by atoms with Crippen molar-refractivity contribution in [2.24, 2.45) is 11.8 Å². The third-order valence-corrected chi connectivity index (χ3v) is 13.8. The summed E-state index contributed by atoms with van der Waals surface area (Å²) in [6.07, 6.45) is 2.18. The highest BCUT2D eigenvalue weighted by Crippen LogP contribution is 2.48. The van der Waals surface area contributed by atoms with Crippen LogP contribution in [0.25, 0.3) is 65.2 Å². The lowest BCUT2D eigenvalue weighted by atomic mass is 9.90. The SMILES string of the molecule is CCCCCC(CC)Cc1ccc(-c2ccc(-c3c4nsnc4c(-c4ccc(-c5ccc(CC(CC)CCCCC)cc5F)cc4)c4nc(C(F)(F)F)c(C(F)(F)F)nc34)s2)cc1. The number of fused-ring (bicyclic) bond motifs is 2. The van der Waals surface area contributed by atoms with Crippen LogP contribution in [-0.2, 0) is 25.2 Å². The molecule has 0 saturated heterocycles. The van der Waals surface area contributed by atoms with Crippen molar-refractivity contribution >= 4 is 45.1 Å². The van der Waals surface area contributed by atoms with Gasteiger partial charge < -0.3 is 0 Å². The fraction of sp³-hybridized carbons (Fsp3) is 0.400. The maximum atomic E-state index is 15.7. The lowest BCUT2D eigenvalue weighted by Crippen LogP contribution is -2.21. The van der Waals surface area contributed by atoms with E-state index in [0.717, 1.165) is 72.7 Å². The minimum absolute atomic E-state index is 0.0488. The first kappa shape index (κ1) is 46.2. The maximum absolute atomic E-state index is 15.7. The Hall–Kier alpha value is -4.75. The van der Waals surface area contributed by atoms with E-state index in [1.807, 2.05) is 24.3 Å². The number of benzene rings is 4. The Kier molecular flexibility index (Phi) is 14.7. The van der Waals surface area contributed by atoms with Crippen molar-refractivity contribution in [2.45, 2.75) is 117 Å². The number of hydrogen-bond acceptors (Lipinski definition) is 6. The van der Waals surface area contributed by atoms with Crippen molar-refractivity contribution in [3.05, 3.63) is 107 Å². The van der Waals surface area contributed by atoms with E-state index in [1.165, 1.54) is 49.0 Å². The van der Waals surface area contributed by atoms with Gasteiger partial charge in [-0.2, -0.15) is 35.1 Å². The molecule has 4 aromatic carbocycles. The molecule has 0 N–H and O–H groups in total. The van der Waals surface area contributed by atoms with E-state index < -0.39 is 35.1 Å². The van der Waals surface area contributed by atoms with Gasteiger partial charge in [0.2, 0.25) is 0 Å². The van der Waals surface area contributed by atoms with Crippen LogP contribution in [0, 0.1) is 17.7 Å². The van der Waals surface area contributed by atoms with Gasteiger partial charge in [0.05, 0.1) is 11.7 Å². The number of rotatable bonds is 18. The maximum Gasteiger partial charge on any atom is 0.435 e. The number of halogens is 7. The molecule has 7 rings (SSSR count). The number of unbranched alkanes of at least 4 members (excludes halogenated alkanes) is 4. The third kappa shape index (κ3) is 10.5. The van der Waals surface area contributed by atoms with Gasteiger partial charge in [-0.3, -0.25) is 0 Å². The van der Waals surface area contributed by atoms with E-state index in [1.54, 1.807) is 42.5 Å². The molecule has 2 atom stereocenters. The predicted octanol–water partition coefficient (Wildman–Crippen LogP) is 16.8. The minimum Gasteiger partial charge on any atom is -0.239 e. The average Bonchev–Trinajstić information content (AvgIpc) is 3.95. The molecule has 332 valence electrons. The van der Waals surface area contributed by atoms with E-state index in [-0.39, 0.29) is 27.7 Å². The molecule has 4 nitrogen and oxygen atoms in total. The summed E-state index contributed by atoms with van der Waals surface area (Å²) in [4.78, 5) is 8.81. The van der Waals surface area contributed by atoms with E-state index in [9.17, 15) is 26.3 Å². The molecule has 0 aliphatic heterocycles. The van der Waals surface area contributed by atoms with Crippen molar-refractivity contribution in [1.82, 2.24) is 18.7 Å². The third-order valence-electron chi connectivity index (χ3n) is 12.1. The molecule has 0 fully saturated rings. The number of thiophene rings is 1. The molecule has 0 radical (unpaired) electrons. The second kappa shape index (κ2) is 20.0. The Bertz CT molecular complexity index is 2630. The summed E-state index contributed by atoms with van der Waals surface area (Å²) in [5.74, 6) is 0.637. The Morgan fingerprint density at radius 2 is 1.02 bits per heavy atom. The Morgan fingerprint density at radius 1 is 0.524 bits per heavy atom. The molecule has 0 aliphatic carbocycles. The van der Waals surface area contributed by atoms with Gasteiger partial charge in [0, 0.05) is 26.4 Å². The van der Waals surface area contributed by atoms with Gasteiger partial charge >= 0.3 is 12.4 Å². The minimum atomic E-state index is -5.48. The smallest absolute Gasteiger partial charge is 0.239 e. The van der Waals surface area contributed by atoms with Crippen LogP contribution < -0.4 is 0 Å². The molecular weight excluding hydrogens is 854 g/mol. The molecule has 2 unspecified atom stereocenters. The summed E-state index contributed by atoms with van der Waals surface area (Å²) in [5.41, 5.74) is -0.353. The van der Waals surface area contributed by atoms with Gasteiger partial charge in [-0.1, -0.05) is 153 Å². The first-order valence-electron chi connectivity index (χ1n) is 22.0. The topological polar surface area (TPSA) is 51.6 Å². The van der Waals surface area contributed by atoms with Gasteiger partial charge in [0.25, 0.3) is 0 Å². The normalized spacial score (nSPS) is 13.3. The quantitative estimate of drug-likeness (QED) is 0.0636. The van der Waals surface area contributed by atoms with Crippen molar-refractivity contribution < 1.29 is 30.7 Å². The van der Waals surface area contributed by atoms with Crippen molar-refractivity contribution in [3.63, 3.8) is 0 Å². The highest BCUT2D eigenvalue weighted by Gasteiger charge is 2.47. The second-order valence-corrected chi connectivity index (χ2v) is 18.1. The van der Waals surface area contributed by atoms with Gasteiger partial charge in [-0.15, -0.1) is 11.3 Å². The van der Waals surface area contributed by atoms with Crippen LogP contribution in [0.1, 0.15) is 114 Å². The van der Waals surface area contributed by atoms with E-state index >= 15 is 4.39 Å². The molecule has 0 aliphatic rings. The van der Waals surface area contributed by atoms with Crippen LogP contribution in [0.5, 0.6) is 0 Å². The Balaban J connectivity index is 1.29. The summed E-state index contributed by atoms with van der Waals surface area (Å²) in [6.45, 7) is 8.72. The van der Waals surface area contributed by atoms with Crippen LogP contribution >= 0.6 is 23.1 Å². The van der Waals surface area contributed by atoms with Gasteiger partial charge in [-0.05, 0) is 70.7 Å². The van der Waals surface area contributed by atoms with Crippen LogP contribution in [0.4, 0.5) is 30.7 Å². The van der Waals surface area contributed by atoms with Crippen LogP contribution in [0.3, 0.4) is 0 Å². The van der Waals surface area contributed by atoms with Gasteiger partial charge in [-0.25, -0.2) is 14.4 Å². The fourth-order valence-corrected chi connectivity index (χ4v) is 10.1. The van der Waals surface area contributed by atoms with Gasteiger partial charge in [0.1, 0.15) is 27.9 Å². The van der Waals surface area contributed by atoms with Gasteiger partial charge in [0.15, 0.2) is 11.4 Å². The van der Waals surface area contributed by atoms with E-state index in [4.69, 9.17) is 0 Å². The zero-order valence-electron chi connectivity index (χ0n) is 35.9. The number of aromatic nitrogens is 4. The zero-order valence-corrected chi connectivity index (χ0v) is 37.5. The standard InChI is InChI=1S/C50H51F7N4S2/c1-5-9-11-13-30(7-3)27-32-15-18-35(19-16-32)39-25-26-40(62-39)42-44-43(58-47(49(52,53)54)48(59-44)50(55,56)57)41(45-46(42)61-63-60-45)36-22-20-34(21-23-36)37-24-17-33(29-38(37)51)28-31(8-4)14-12-10-6-2/h15-26,29-31H,5-14,27-28H2,1-4H3. The molecule has 0 amide bonds. The predicted molar refractivity (Wildman–Crippen MR) is 243 cm³/mol. The lowest BCUT2D eigenvalue weighted by molar-refractivity contribution is -0.167. The number of alkyl halides is 6. The fourth-order valence-electron chi connectivity index (χ4n) is 8.53. The Morgan fingerprint density at radius 3 is 1.56 bits per heavy atom. The molecule has 3 heterocycles. The summed E-state index contributed by atoms with van der Waals surface area (Å²) >= 11 is 2.06. The Labute approximate surface area is 372 Å². The molecule has 13 heteroatoms. The van der Waals surface area contributed by atoms with Crippen molar-refractivity contribution in [2.75, 3.05) is 0 Å². The molecule has 7 aromatic rings. The van der Waals surface area contributed by atoms with Crippen LogP contribution in [0.2, 0.25) is 0 Å². The summed E-state index contributed by atoms with van der Waals surface area (Å²) in [6, 6.07) is 23.4. The van der Waals surface area contributed by atoms with Crippen molar-refractivity contribution in [1.29, 1.82) is 0 Å². The molecule has 63 heavy (non-hydrogen) atoms. The molecular formula is C50H51F7N4S2. The summed E-state index contributed by atoms with van der Waals surface area (Å²) in [7, 11) is 0. The number of hydrogen-bond donors (Lipinski definition) is 0. The first-order valence-corrected chi connectivity index (χ1v) is 23.5. The number of nitrogens with zero attached hydrogens (tertiary/aromatic N) is 4. The zero-order chi connectivity index (χ0) is 44.9. The first-order chi connectivity index (χ1) is 30.2. The molecule has 0 spiro atoms. The molecule has 0 saturated carbocycles. The monoisotopic (exact) mass is 904 g/mol. The van der Waals surface area contributed by atoms with Crippen LogP contribution in [-0.4, -0.2) is 18.7 Å². The lowest BCUT2D eigenvalue weighted by Gasteiger charge is -2.18.